The zero-order valence-electron chi connectivity index (χ0n) is 8.17. The van der Waals surface area contributed by atoms with Crippen LogP contribution in [0.25, 0.3) is 10.9 Å². The van der Waals surface area contributed by atoms with Crippen molar-refractivity contribution in [3.8, 4) is 0 Å². The zero-order valence-corrected chi connectivity index (χ0v) is 9.07. The van der Waals surface area contributed by atoms with Crippen LogP contribution in [-0.2, 0) is 0 Å². The Kier molecular flexibility index (Phi) is 2.68. The summed E-state index contributed by atoms with van der Waals surface area (Å²) in [5, 5.41) is 4.63. The maximum absolute atomic E-state index is 4.19. The van der Waals surface area contributed by atoms with Crippen molar-refractivity contribution < 1.29 is 0 Å². The minimum absolute atomic E-state index is 0.846. The fourth-order valence-corrected chi connectivity index (χ4v) is 1.80. The molecule has 14 heavy (non-hydrogen) atoms. The van der Waals surface area contributed by atoms with Gasteiger partial charge in [-0.05, 0) is 13.0 Å². The van der Waals surface area contributed by atoms with E-state index in [1.807, 2.05) is 6.07 Å². The SMILES string of the molecule is Cc1[nH]c2ccccc2c1NCCS. The molecule has 0 radical (unpaired) electrons. The molecule has 0 saturated carbocycles. The van der Waals surface area contributed by atoms with Gasteiger partial charge >= 0.3 is 0 Å². The predicted molar refractivity (Wildman–Crippen MR) is 65.4 cm³/mol. The summed E-state index contributed by atoms with van der Waals surface area (Å²) in [6.07, 6.45) is 0. The number of hydrogen-bond acceptors (Lipinski definition) is 2. The summed E-state index contributed by atoms with van der Waals surface area (Å²) in [6.45, 7) is 2.98. The number of nitrogens with one attached hydrogen (secondary N) is 2. The van der Waals surface area contributed by atoms with Gasteiger partial charge in [-0.3, -0.25) is 0 Å². The van der Waals surface area contributed by atoms with E-state index < -0.39 is 0 Å². The number of benzene rings is 1. The van der Waals surface area contributed by atoms with Crippen LogP contribution < -0.4 is 5.32 Å². The number of thiol groups is 1. The van der Waals surface area contributed by atoms with Crippen LogP contribution in [0.5, 0.6) is 0 Å². The van der Waals surface area contributed by atoms with E-state index in [2.05, 4.69) is 48.1 Å². The first-order valence-corrected chi connectivity index (χ1v) is 5.38. The third kappa shape index (κ3) is 1.60. The Hall–Kier alpha value is -1.09. The summed E-state index contributed by atoms with van der Waals surface area (Å²) in [5.41, 5.74) is 3.58. The summed E-state index contributed by atoms with van der Waals surface area (Å²) in [5.74, 6) is 0.846. The lowest BCUT2D eigenvalue weighted by molar-refractivity contribution is 1.21. The van der Waals surface area contributed by atoms with Crippen LogP contribution in [-0.4, -0.2) is 17.3 Å². The third-order valence-corrected chi connectivity index (χ3v) is 2.53. The van der Waals surface area contributed by atoms with E-state index in [-0.39, 0.29) is 0 Å². The maximum atomic E-state index is 4.19. The molecule has 0 saturated heterocycles. The van der Waals surface area contributed by atoms with E-state index in [9.17, 15) is 0 Å². The molecule has 0 amide bonds. The molecule has 0 aliphatic heterocycles. The Labute approximate surface area is 89.1 Å². The monoisotopic (exact) mass is 206 g/mol. The quantitative estimate of drug-likeness (QED) is 0.662. The van der Waals surface area contributed by atoms with Crippen LogP contribution in [0.4, 0.5) is 5.69 Å². The second-order valence-corrected chi connectivity index (χ2v) is 3.77. The topological polar surface area (TPSA) is 27.8 Å². The molecule has 1 aromatic heterocycles. The summed E-state index contributed by atoms with van der Waals surface area (Å²) < 4.78 is 0. The molecule has 0 fully saturated rings. The highest BCUT2D eigenvalue weighted by molar-refractivity contribution is 7.80. The van der Waals surface area contributed by atoms with Crippen LogP contribution in [0.2, 0.25) is 0 Å². The number of anilines is 1. The molecule has 0 bridgehead atoms. The van der Waals surface area contributed by atoms with Gasteiger partial charge in [-0.15, -0.1) is 0 Å². The molecule has 0 atom stereocenters. The highest BCUT2D eigenvalue weighted by atomic mass is 32.1. The van der Waals surface area contributed by atoms with Gasteiger partial charge in [0.25, 0.3) is 0 Å². The van der Waals surface area contributed by atoms with Gasteiger partial charge in [-0.1, -0.05) is 18.2 Å². The van der Waals surface area contributed by atoms with Crippen molar-refractivity contribution in [1.29, 1.82) is 0 Å². The first-order valence-electron chi connectivity index (χ1n) is 4.75. The zero-order chi connectivity index (χ0) is 9.97. The molecule has 0 unspecified atom stereocenters. The smallest absolute Gasteiger partial charge is 0.0628 e. The molecular formula is C11H14N2S. The number of H-pyrrole nitrogens is 1. The van der Waals surface area contributed by atoms with E-state index in [1.165, 1.54) is 22.3 Å². The van der Waals surface area contributed by atoms with Gasteiger partial charge in [0, 0.05) is 28.9 Å². The number of para-hydroxylation sites is 1. The molecule has 3 heteroatoms. The average molecular weight is 206 g/mol. The molecule has 74 valence electrons. The second kappa shape index (κ2) is 3.96. The second-order valence-electron chi connectivity index (χ2n) is 3.32. The predicted octanol–water partition coefficient (Wildman–Crippen LogP) is 2.82. The van der Waals surface area contributed by atoms with Gasteiger partial charge < -0.3 is 10.3 Å². The van der Waals surface area contributed by atoms with Crippen molar-refractivity contribution in [3.63, 3.8) is 0 Å². The van der Waals surface area contributed by atoms with Crippen LogP contribution in [0.15, 0.2) is 24.3 Å². The minimum Gasteiger partial charge on any atom is -0.382 e. The highest BCUT2D eigenvalue weighted by Crippen LogP contribution is 2.26. The van der Waals surface area contributed by atoms with Gasteiger partial charge in [-0.25, -0.2) is 0 Å². The highest BCUT2D eigenvalue weighted by Gasteiger charge is 2.05. The number of aromatic nitrogens is 1. The first-order chi connectivity index (χ1) is 6.83. The van der Waals surface area contributed by atoms with Crippen molar-refractivity contribution in [3.05, 3.63) is 30.0 Å². The molecule has 2 N–H and O–H groups in total. The Bertz CT molecular complexity index is 434. The van der Waals surface area contributed by atoms with Crippen LogP contribution in [0.3, 0.4) is 0 Å². The number of rotatable bonds is 3. The minimum atomic E-state index is 0.846. The van der Waals surface area contributed by atoms with Crippen LogP contribution >= 0.6 is 12.6 Å². The van der Waals surface area contributed by atoms with Crippen LogP contribution in [0.1, 0.15) is 5.69 Å². The van der Waals surface area contributed by atoms with E-state index in [0.29, 0.717) is 0 Å². The van der Waals surface area contributed by atoms with Gasteiger partial charge in [-0.2, -0.15) is 12.6 Å². The number of fused-ring (bicyclic) bond motifs is 1. The third-order valence-electron chi connectivity index (χ3n) is 2.31. The van der Waals surface area contributed by atoms with Crippen molar-refractivity contribution in [2.45, 2.75) is 6.92 Å². The molecule has 2 rings (SSSR count). The molecule has 0 aliphatic carbocycles. The molecule has 0 aliphatic rings. The summed E-state index contributed by atoms with van der Waals surface area (Å²) in [6, 6.07) is 8.32. The summed E-state index contributed by atoms with van der Waals surface area (Å²) in [7, 11) is 0. The lowest BCUT2D eigenvalue weighted by Gasteiger charge is -2.03. The Morgan fingerprint density at radius 3 is 2.93 bits per heavy atom. The largest absolute Gasteiger partial charge is 0.382 e. The fraction of sp³-hybridized carbons (Fsp3) is 0.273. The van der Waals surface area contributed by atoms with Crippen molar-refractivity contribution in [2.24, 2.45) is 0 Å². The van der Waals surface area contributed by atoms with Crippen molar-refractivity contribution >= 4 is 29.2 Å². The van der Waals surface area contributed by atoms with Gasteiger partial charge in [0.2, 0.25) is 0 Å². The Morgan fingerprint density at radius 2 is 2.14 bits per heavy atom. The maximum Gasteiger partial charge on any atom is 0.0628 e. The summed E-state index contributed by atoms with van der Waals surface area (Å²) in [4.78, 5) is 3.35. The molecule has 2 aromatic rings. The number of hydrogen-bond donors (Lipinski definition) is 3. The molecule has 0 spiro atoms. The van der Waals surface area contributed by atoms with Crippen molar-refractivity contribution in [2.75, 3.05) is 17.6 Å². The molecule has 1 aromatic carbocycles. The summed E-state index contributed by atoms with van der Waals surface area (Å²) >= 11 is 4.19. The van der Waals surface area contributed by atoms with Gasteiger partial charge in [0.15, 0.2) is 0 Å². The van der Waals surface area contributed by atoms with Crippen LogP contribution in [0, 0.1) is 6.92 Å². The normalized spacial score (nSPS) is 10.7. The number of aromatic amines is 1. The average Bonchev–Trinajstić information content (AvgIpc) is 2.51. The lowest BCUT2D eigenvalue weighted by Crippen LogP contribution is -2.02. The van der Waals surface area contributed by atoms with Gasteiger partial charge in [0.05, 0.1) is 5.69 Å². The van der Waals surface area contributed by atoms with Crippen molar-refractivity contribution in [1.82, 2.24) is 4.98 Å². The Balaban J connectivity index is 2.45. The first kappa shape index (κ1) is 9.46. The van der Waals surface area contributed by atoms with E-state index in [0.717, 1.165) is 12.3 Å². The van der Waals surface area contributed by atoms with E-state index >= 15 is 0 Å². The Morgan fingerprint density at radius 1 is 1.36 bits per heavy atom. The number of aryl methyl sites for hydroxylation is 1. The molecule has 1 heterocycles. The standard InChI is InChI=1S/C11H14N2S/c1-8-11(12-6-7-14)9-4-2-3-5-10(9)13-8/h2-5,12-14H,6-7H2,1H3. The lowest BCUT2D eigenvalue weighted by atomic mass is 10.2. The van der Waals surface area contributed by atoms with Gasteiger partial charge in [0.1, 0.15) is 0 Å². The molecule has 2 nitrogen and oxygen atoms in total. The van der Waals surface area contributed by atoms with E-state index in [1.54, 1.807) is 0 Å². The fourth-order valence-electron chi connectivity index (χ4n) is 1.69. The molecular weight excluding hydrogens is 192 g/mol. The van der Waals surface area contributed by atoms with E-state index in [4.69, 9.17) is 0 Å².